The van der Waals surface area contributed by atoms with Crippen LogP contribution in [-0.2, 0) is 13.7 Å². The predicted molar refractivity (Wildman–Crippen MR) is 109 cm³/mol. The van der Waals surface area contributed by atoms with Crippen molar-refractivity contribution in [3.05, 3.63) is 0 Å². The zero-order valence-corrected chi connectivity index (χ0v) is 21.9. The number of carboxylic acid groups (broad SMARTS) is 3. The van der Waals surface area contributed by atoms with Crippen LogP contribution in [0, 0.1) is 0 Å². The third-order valence-corrected chi connectivity index (χ3v) is 3.98. The van der Waals surface area contributed by atoms with Crippen LogP contribution in [-0.4, -0.2) is 67.5 Å². The molecule has 0 fully saturated rings. The molecule has 7 nitrogen and oxygen atoms in total. The summed E-state index contributed by atoms with van der Waals surface area (Å²) in [5.74, 6) is -0.903. The summed E-state index contributed by atoms with van der Waals surface area (Å²) in [6.07, 6.45) is 17.5. The number of hydrogen-bond acceptors (Lipinski definition) is 7. The van der Waals surface area contributed by atoms with Crippen molar-refractivity contribution >= 4 is 67.5 Å². The van der Waals surface area contributed by atoms with Gasteiger partial charge in [0.05, 0.1) is 0 Å². The summed E-state index contributed by atoms with van der Waals surface area (Å²) in [6, 6.07) is 0. The van der Waals surface area contributed by atoms with E-state index in [1.807, 2.05) is 0 Å². The van der Waals surface area contributed by atoms with Crippen LogP contribution in [0.3, 0.4) is 0 Å². The van der Waals surface area contributed by atoms with Crippen molar-refractivity contribution in [1.82, 2.24) is 0 Å². The van der Waals surface area contributed by atoms with Crippen LogP contribution in [0.2, 0.25) is 0 Å². The molecule has 0 aliphatic carbocycles. The average Bonchev–Trinajstić information content (AvgIpc) is 2.58. The van der Waals surface area contributed by atoms with Gasteiger partial charge in [0.15, 0.2) is 0 Å². The van der Waals surface area contributed by atoms with Gasteiger partial charge in [0, 0.05) is 5.97 Å². The fourth-order valence-corrected chi connectivity index (χ4v) is 2.64. The zero-order chi connectivity index (χ0) is 21.2. The van der Waals surface area contributed by atoms with Crippen LogP contribution in [0.5, 0.6) is 0 Å². The summed E-state index contributed by atoms with van der Waals surface area (Å²) in [6.45, 7) is 2.27. The van der Waals surface area contributed by atoms with E-state index < -0.39 is 21.4 Å². The Morgan fingerprint density at radius 1 is 0.586 bits per heavy atom. The van der Waals surface area contributed by atoms with Gasteiger partial charge in [-0.2, -0.15) is 0 Å². The van der Waals surface area contributed by atoms with Gasteiger partial charge in [0.2, 0.25) is 0 Å². The maximum atomic E-state index is 10.2. The van der Waals surface area contributed by atoms with Crippen molar-refractivity contribution in [3.63, 3.8) is 0 Å². The van der Waals surface area contributed by atoms with Gasteiger partial charge in [0.1, 0.15) is 0 Å². The zero-order valence-electron chi connectivity index (χ0n) is 18.1. The van der Waals surface area contributed by atoms with Gasteiger partial charge in [-0.3, -0.25) is 8.92 Å². The van der Waals surface area contributed by atoms with Gasteiger partial charge in [0.25, 0.3) is 0 Å². The molecule has 10 heteroatoms. The maximum absolute atomic E-state index is 10.2. The van der Waals surface area contributed by atoms with Gasteiger partial charge in [-0.15, -0.1) is 0 Å². The van der Waals surface area contributed by atoms with Crippen LogP contribution in [0.4, 0.5) is 4.79 Å². The van der Waals surface area contributed by atoms with Gasteiger partial charge >= 0.3 is 55.4 Å². The second-order valence-corrected chi connectivity index (χ2v) is 6.57. The second kappa shape index (κ2) is 38.7. The maximum Gasteiger partial charge on any atom is 2.00 e. The molecule has 0 aromatic carbocycles. The molecule has 0 amide bonds. The first-order valence-electron chi connectivity index (χ1n) is 9.99. The molecule has 0 atom stereocenters. The molecule has 0 saturated heterocycles. The fourth-order valence-electron chi connectivity index (χ4n) is 2.64. The van der Waals surface area contributed by atoms with Crippen LogP contribution in [0.1, 0.15) is 110 Å². The molecule has 0 radical (unpaired) electrons. The van der Waals surface area contributed by atoms with E-state index >= 15 is 0 Å². The Balaban J connectivity index is -0.000000185. The Bertz CT molecular complexity index is 362. The Hall–Kier alpha value is 0.0894. The van der Waals surface area contributed by atoms with Crippen molar-refractivity contribution in [2.45, 2.75) is 110 Å². The molecule has 0 bridgehead atoms. The topological polar surface area (TPSA) is 137 Å². The Kier molecular flexibility index (Phi) is 52.7. The number of carboxylic acids is 1. The van der Waals surface area contributed by atoms with Crippen molar-refractivity contribution in [2.75, 3.05) is 0 Å². The smallest absolute Gasteiger partial charge is 0.652 e. The second-order valence-electron chi connectivity index (χ2n) is 6.41. The van der Waals surface area contributed by atoms with E-state index in [1.54, 1.807) is 0 Å². The molecule has 0 rings (SSSR count). The SMILES string of the molecule is CCCCCCCCCCCCCCCCCC(=O)[O-].O=C([O-])[O-].O=[Si]=O.[Mg+2].[Mg+2]. The molecule has 0 aliphatic rings. The predicted octanol–water partition coefficient (Wildman–Crippen LogP) is 1.17. The molecule has 0 N–H and O–H groups in total. The molecular weight excluding hydrogens is 417 g/mol. The molecule has 0 heterocycles. The minimum Gasteiger partial charge on any atom is -0.652 e. The van der Waals surface area contributed by atoms with E-state index in [9.17, 15) is 9.90 Å². The van der Waals surface area contributed by atoms with Crippen LogP contribution < -0.4 is 15.3 Å². The van der Waals surface area contributed by atoms with Crippen LogP contribution in [0.25, 0.3) is 0 Å². The van der Waals surface area contributed by atoms with E-state index in [4.69, 9.17) is 23.9 Å². The first kappa shape index (κ1) is 39.6. The molecular formula is C19H35Mg2O7Si+. The monoisotopic (exact) mass is 451 g/mol. The summed E-state index contributed by atoms with van der Waals surface area (Å²) in [5.41, 5.74) is 0. The molecule has 0 aliphatic heterocycles. The molecule has 0 aromatic heterocycles. The number of aliphatic carboxylic acids is 1. The number of unbranched alkanes of at least 4 members (excludes halogenated alkanes) is 14. The van der Waals surface area contributed by atoms with E-state index in [-0.39, 0.29) is 52.5 Å². The largest absolute Gasteiger partial charge is 2.00 e. The number of carbonyl (C=O) groups excluding carboxylic acids is 2. The van der Waals surface area contributed by atoms with E-state index in [0.717, 1.165) is 12.8 Å². The number of rotatable bonds is 16. The van der Waals surface area contributed by atoms with Gasteiger partial charge in [-0.05, 0) is 19.0 Å². The number of carbonyl (C=O) groups is 2. The van der Waals surface area contributed by atoms with Crippen molar-refractivity contribution in [2.24, 2.45) is 0 Å². The minimum atomic E-state index is -2.33. The standard InChI is InChI=1S/C18H36O2.CH2O3.2Mg.O2Si/c1-2-3-4-5-6-7-8-9-10-11-12-13-14-15-16-17-18(19)20;2-1(3)4;;;1-3-2/h2-17H2,1H3,(H,19,20);(H2,2,3,4);;;/q;;2*+2;/p-3. The van der Waals surface area contributed by atoms with Crippen molar-refractivity contribution < 1.29 is 33.8 Å². The summed E-state index contributed by atoms with van der Waals surface area (Å²) in [4.78, 5) is 18.6. The van der Waals surface area contributed by atoms with E-state index in [0.29, 0.717) is 0 Å². The molecule has 0 saturated carbocycles. The molecule has 29 heavy (non-hydrogen) atoms. The van der Waals surface area contributed by atoms with Crippen LogP contribution >= 0.6 is 0 Å². The van der Waals surface area contributed by atoms with Gasteiger partial charge in [-0.1, -0.05) is 96.8 Å². The minimum absolute atomic E-state index is 0. The van der Waals surface area contributed by atoms with Gasteiger partial charge in [-0.25, -0.2) is 0 Å². The summed E-state index contributed by atoms with van der Waals surface area (Å²) in [7, 11) is -1.42. The number of hydrogen-bond donors (Lipinski definition) is 0. The Morgan fingerprint density at radius 3 is 1.00 bits per heavy atom. The third-order valence-electron chi connectivity index (χ3n) is 3.98. The molecule has 160 valence electrons. The first-order valence-corrected chi connectivity index (χ1v) is 10.8. The quantitative estimate of drug-likeness (QED) is 0.253. The van der Waals surface area contributed by atoms with Gasteiger partial charge < -0.3 is 24.9 Å². The van der Waals surface area contributed by atoms with E-state index in [2.05, 4.69) is 6.92 Å². The van der Waals surface area contributed by atoms with Crippen molar-refractivity contribution in [1.29, 1.82) is 0 Å². The summed E-state index contributed by atoms with van der Waals surface area (Å²) in [5, 5.41) is 26.9. The summed E-state index contributed by atoms with van der Waals surface area (Å²) >= 11 is 0. The normalized spacial score (nSPS) is 8.59. The van der Waals surface area contributed by atoms with Crippen molar-refractivity contribution in [3.8, 4) is 0 Å². The third kappa shape index (κ3) is 65.5. The Labute approximate surface area is 210 Å². The first-order chi connectivity index (χ1) is 12.9. The Morgan fingerprint density at radius 2 is 0.793 bits per heavy atom. The molecule has 0 unspecified atom stereocenters. The van der Waals surface area contributed by atoms with Crippen LogP contribution in [0.15, 0.2) is 0 Å². The molecule has 0 aromatic rings. The fraction of sp³-hybridized carbons (Fsp3) is 0.895. The summed E-state index contributed by atoms with van der Waals surface area (Å²) < 4.78 is 16.8. The average molecular weight is 452 g/mol. The van der Waals surface area contributed by atoms with E-state index in [1.165, 1.54) is 83.5 Å². The molecule has 0 spiro atoms.